The second-order valence-electron chi connectivity index (χ2n) is 5.09. The highest BCUT2D eigenvalue weighted by atomic mass is 14.9. The van der Waals surface area contributed by atoms with Gasteiger partial charge < -0.3 is 5.32 Å². The number of nitrogens with one attached hydrogen (secondary N) is 1. The number of pyridine rings is 1. The van der Waals surface area contributed by atoms with Gasteiger partial charge in [0.2, 0.25) is 0 Å². The first-order valence-electron chi connectivity index (χ1n) is 5.54. The van der Waals surface area contributed by atoms with E-state index in [9.17, 15) is 0 Å². The molecule has 0 saturated carbocycles. The van der Waals surface area contributed by atoms with Crippen molar-refractivity contribution in [1.29, 1.82) is 5.26 Å². The predicted molar refractivity (Wildman–Crippen MR) is 65.1 cm³/mol. The first kappa shape index (κ1) is 12.7. The molecule has 0 fully saturated rings. The second-order valence-corrected chi connectivity index (χ2v) is 5.09. The van der Waals surface area contributed by atoms with Crippen molar-refractivity contribution in [3.8, 4) is 6.07 Å². The lowest BCUT2D eigenvalue weighted by Gasteiger charge is -2.23. The summed E-state index contributed by atoms with van der Waals surface area (Å²) in [4.78, 5) is 4.29. The quantitative estimate of drug-likeness (QED) is 0.846. The molecule has 1 aromatic heterocycles. The van der Waals surface area contributed by atoms with Gasteiger partial charge in [-0.25, -0.2) is 4.98 Å². The van der Waals surface area contributed by atoms with Gasteiger partial charge >= 0.3 is 0 Å². The number of nitriles is 1. The second kappa shape index (κ2) is 5.09. The molecule has 86 valence electrons. The first-order chi connectivity index (χ1) is 7.42. The van der Waals surface area contributed by atoms with Gasteiger partial charge in [0.1, 0.15) is 11.8 Å². The summed E-state index contributed by atoms with van der Waals surface area (Å²) in [5, 5.41) is 12.2. The van der Waals surface area contributed by atoms with Crippen molar-refractivity contribution in [2.24, 2.45) is 0 Å². The van der Waals surface area contributed by atoms with Crippen molar-refractivity contribution >= 4 is 0 Å². The summed E-state index contributed by atoms with van der Waals surface area (Å²) >= 11 is 0. The fourth-order valence-corrected chi connectivity index (χ4v) is 1.35. The minimum Gasteiger partial charge on any atom is -0.311 e. The molecule has 0 aliphatic rings. The maximum atomic E-state index is 8.77. The Morgan fingerprint density at radius 3 is 2.69 bits per heavy atom. The molecule has 0 aliphatic heterocycles. The molecule has 3 nitrogen and oxygen atoms in total. The number of rotatable bonds is 3. The van der Waals surface area contributed by atoms with Crippen LogP contribution in [0.4, 0.5) is 0 Å². The van der Waals surface area contributed by atoms with Gasteiger partial charge in [-0.15, -0.1) is 0 Å². The summed E-state index contributed by atoms with van der Waals surface area (Å²) in [5.74, 6) is 0.313. The van der Waals surface area contributed by atoms with Crippen molar-refractivity contribution in [3.05, 3.63) is 29.6 Å². The largest absolute Gasteiger partial charge is 0.311 e. The highest BCUT2D eigenvalue weighted by Gasteiger charge is 2.13. The van der Waals surface area contributed by atoms with Crippen LogP contribution in [-0.4, -0.2) is 17.1 Å². The molecule has 16 heavy (non-hydrogen) atoms. The highest BCUT2D eigenvalue weighted by molar-refractivity contribution is 5.23. The molecule has 1 heterocycles. The molecule has 1 rings (SSSR count). The van der Waals surface area contributed by atoms with Crippen LogP contribution in [0.2, 0.25) is 0 Å². The molecule has 0 saturated heterocycles. The van der Waals surface area contributed by atoms with Crippen LogP contribution in [0.1, 0.15) is 45.0 Å². The summed E-state index contributed by atoms with van der Waals surface area (Å²) in [7, 11) is 0. The minimum atomic E-state index is 0.112. The van der Waals surface area contributed by atoms with E-state index in [0.717, 1.165) is 12.2 Å². The fraction of sp³-hybridized carbons (Fsp3) is 0.538. The van der Waals surface area contributed by atoms with Gasteiger partial charge in [-0.2, -0.15) is 5.26 Å². The Morgan fingerprint density at radius 2 is 2.12 bits per heavy atom. The average Bonchev–Trinajstić information content (AvgIpc) is 2.25. The molecule has 0 radical (unpaired) electrons. The predicted octanol–water partition coefficient (Wildman–Crippen LogP) is 2.44. The summed E-state index contributed by atoms with van der Waals surface area (Å²) in [6.07, 6.45) is 0. The Hall–Kier alpha value is -1.40. The van der Waals surface area contributed by atoms with Gasteiger partial charge in [-0.3, -0.25) is 0 Å². The highest BCUT2D eigenvalue weighted by Crippen LogP contribution is 2.13. The van der Waals surface area contributed by atoms with Crippen molar-refractivity contribution in [1.82, 2.24) is 10.3 Å². The summed E-state index contributed by atoms with van der Waals surface area (Å²) in [6, 6.07) is 7.64. The van der Waals surface area contributed by atoms with Gasteiger partial charge in [0.25, 0.3) is 0 Å². The molecule has 1 aromatic rings. The van der Waals surface area contributed by atoms with Gasteiger partial charge in [-0.1, -0.05) is 13.0 Å². The molecule has 0 unspecified atom stereocenters. The van der Waals surface area contributed by atoms with Gasteiger partial charge in [0, 0.05) is 23.7 Å². The lowest BCUT2D eigenvalue weighted by molar-refractivity contribution is 0.410. The van der Waals surface area contributed by atoms with Crippen molar-refractivity contribution in [2.75, 3.05) is 6.54 Å². The van der Waals surface area contributed by atoms with Crippen LogP contribution in [0.15, 0.2) is 18.2 Å². The van der Waals surface area contributed by atoms with Crippen LogP contribution in [0.3, 0.4) is 0 Å². The van der Waals surface area contributed by atoms with E-state index in [2.05, 4.69) is 44.1 Å². The molecule has 1 atom stereocenters. The molecule has 0 aliphatic carbocycles. The molecule has 0 spiro atoms. The lowest BCUT2D eigenvalue weighted by Crippen LogP contribution is -2.38. The average molecular weight is 217 g/mol. The van der Waals surface area contributed by atoms with E-state index < -0.39 is 0 Å². The smallest absolute Gasteiger partial charge is 0.140 e. The van der Waals surface area contributed by atoms with Gasteiger partial charge in [0.05, 0.1) is 0 Å². The Balaban J connectivity index is 2.66. The summed E-state index contributed by atoms with van der Waals surface area (Å²) in [6.45, 7) is 9.39. The third-order valence-corrected chi connectivity index (χ3v) is 2.33. The van der Waals surface area contributed by atoms with E-state index in [1.54, 1.807) is 6.07 Å². The van der Waals surface area contributed by atoms with E-state index in [-0.39, 0.29) is 5.54 Å². The standard InChI is InChI=1S/C13H19N3/c1-10(9-15-13(2,3)4)12-7-5-6-11(8-14)16-12/h5-7,10,15H,9H2,1-4H3/t10-/m1/s1. The van der Waals surface area contributed by atoms with Crippen LogP contribution < -0.4 is 5.32 Å². The zero-order valence-electron chi connectivity index (χ0n) is 10.4. The third-order valence-electron chi connectivity index (χ3n) is 2.33. The zero-order valence-corrected chi connectivity index (χ0v) is 10.4. The van der Waals surface area contributed by atoms with E-state index in [0.29, 0.717) is 11.6 Å². The van der Waals surface area contributed by atoms with E-state index in [1.807, 2.05) is 12.1 Å². The van der Waals surface area contributed by atoms with Crippen LogP contribution in [0, 0.1) is 11.3 Å². The first-order valence-corrected chi connectivity index (χ1v) is 5.54. The number of aromatic nitrogens is 1. The Kier molecular flexibility index (Phi) is 4.03. The lowest BCUT2D eigenvalue weighted by atomic mass is 10.0. The molecular weight excluding hydrogens is 198 g/mol. The van der Waals surface area contributed by atoms with E-state index in [1.165, 1.54) is 0 Å². The van der Waals surface area contributed by atoms with Crippen LogP contribution in [-0.2, 0) is 0 Å². The normalized spacial score (nSPS) is 13.2. The molecule has 3 heteroatoms. The Bertz CT molecular complexity index is 385. The Labute approximate surface area is 97.5 Å². The zero-order chi connectivity index (χ0) is 12.2. The molecular formula is C13H19N3. The van der Waals surface area contributed by atoms with E-state index in [4.69, 9.17) is 5.26 Å². The maximum absolute atomic E-state index is 8.77. The molecule has 0 aromatic carbocycles. The SMILES string of the molecule is C[C@H](CNC(C)(C)C)c1cccc(C#N)n1. The van der Waals surface area contributed by atoms with Crippen LogP contribution in [0.5, 0.6) is 0 Å². The van der Waals surface area contributed by atoms with Crippen molar-refractivity contribution in [2.45, 2.75) is 39.2 Å². The molecule has 1 N–H and O–H groups in total. The van der Waals surface area contributed by atoms with E-state index >= 15 is 0 Å². The van der Waals surface area contributed by atoms with Crippen molar-refractivity contribution < 1.29 is 0 Å². The summed E-state index contributed by atoms with van der Waals surface area (Å²) < 4.78 is 0. The van der Waals surface area contributed by atoms with Crippen LogP contribution >= 0.6 is 0 Å². The monoisotopic (exact) mass is 217 g/mol. The molecule has 0 amide bonds. The number of hydrogen-bond acceptors (Lipinski definition) is 3. The Morgan fingerprint density at radius 1 is 1.44 bits per heavy atom. The topological polar surface area (TPSA) is 48.7 Å². The third kappa shape index (κ3) is 4.00. The fourth-order valence-electron chi connectivity index (χ4n) is 1.35. The van der Waals surface area contributed by atoms with Gasteiger partial charge in [0.15, 0.2) is 0 Å². The number of hydrogen-bond donors (Lipinski definition) is 1. The maximum Gasteiger partial charge on any atom is 0.140 e. The number of nitrogens with zero attached hydrogens (tertiary/aromatic N) is 2. The minimum absolute atomic E-state index is 0.112. The summed E-state index contributed by atoms with van der Waals surface area (Å²) in [5.41, 5.74) is 1.57. The van der Waals surface area contributed by atoms with Gasteiger partial charge in [-0.05, 0) is 32.9 Å². The molecule has 0 bridgehead atoms. The van der Waals surface area contributed by atoms with Crippen LogP contribution in [0.25, 0.3) is 0 Å². The van der Waals surface area contributed by atoms with Crippen molar-refractivity contribution in [3.63, 3.8) is 0 Å².